The van der Waals surface area contributed by atoms with E-state index in [0.29, 0.717) is 0 Å². The van der Waals surface area contributed by atoms with Gasteiger partial charge < -0.3 is 9.66 Å². The molecule has 0 fully saturated rings. The number of phenolic OH excluding ortho intramolecular Hbond substituents is 1. The predicted octanol–water partition coefficient (Wildman–Crippen LogP) is 1.58. The zero-order valence-corrected chi connectivity index (χ0v) is 6.99. The Balaban J connectivity index is 2.77. The summed E-state index contributed by atoms with van der Waals surface area (Å²) in [5.41, 5.74) is 0.773. The van der Waals surface area contributed by atoms with Crippen molar-refractivity contribution in [2.24, 2.45) is 0 Å². The number of rotatable bonds is 2. The van der Waals surface area contributed by atoms with Crippen LogP contribution in [0.4, 0.5) is 0 Å². The molecule has 1 aromatic rings. The largest absolute Gasteiger partial charge is 0.508 e. The average molecular weight is 184 g/mol. The van der Waals surface area contributed by atoms with E-state index in [1.54, 1.807) is 12.1 Å². The molecule has 1 atom stereocenters. The molecule has 0 amide bonds. The van der Waals surface area contributed by atoms with Gasteiger partial charge in [0.2, 0.25) is 0 Å². The Hall–Kier alpha value is -1.13. The second-order valence-electron chi connectivity index (χ2n) is 2.17. The fourth-order valence-electron chi connectivity index (χ4n) is 0.722. The minimum absolute atomic E-state index is 0.178. The monoisotopic (exact) mass is 184 g/mol. The first kappa shape index (κ1) is 8.96. The maximum Gasteiger partial charge on any atom is 0.178 e. The van der Waals surface area contributed by atoms with E-state index in [1.165, 1.54) is 18.2 Å². The fraction of sp³-hybridized carbons (Fsp3) is 0. The van der Waals surface area contributed by atoms with Gasteiger partial charge in [0, 0.05) is 5.41 Å². The standard InChI is InChI=1S/C8H8O3S/c9-8-3-1-7(2-4-8)5-6-12(10)11/h1-6,9H,(H,10,11)/b6-5+. The molecule has 0 bridgehead atoms. The molecule has 0 radical (unpaired) electrons. The van der Waals surface area contributed by atoms with Crippen molar-refractivity contribution >= 4 is 17.2 Å². The average Bonchev–Trinajstić information content (AvgIpc) is 2.03. The van der Waals surface area contributed by atoms with Gasteiger partial charge in [0.05, 0.1) is 0 Å². The molecular weight excluding hydrogens is 176 g/mol. The minimum atomic E-state index is -1.91. The molecule has 0 aliphatic rings. The molecule has 1 aromatic carbocycles. The normalized spacial score (nSPS) is 13.4. The second kappa shape index (κ2) is 4.04. The Kier molecular flexibility index (Phi) is 3.01. The van der Waals surface area contributed by atoms with E-state index in [1.807, 2.05) is 0 Å². The van der Waals surface area contributed by atoms with Crippen molar-refractivity contribution in [1.82, 2.24) is 0 Å². The number of hydrogen-bond donors (Lipinski definition) is 2. The SMILES string of the molecule is O=S(O)/C=C/c1ccc(O)cc1. The first-order chi connectivity index (χ1) is 5.68. The number of aromatic hydroxyl groups is 1. The van der Waals surface area contributed by atoms with Gasteiger partial charge in [-0.1, -0.05) is 12.1 Å². The third-order valence-corrected chi connectivity index (χ3v) is 1.64. The van der Waals surface area contributed by atoms with Gasteiger partial charge >= 0.3 is 0 Å². The summed E-state index contributed by atoms with van der Waals surface area (Å²) in [5.74, 6) is 0.178. The van der Waals surface area contributed by atoms with Crippen LogP contribution in [0.25, 0.3) is 6.08 Å². The van der Waals surface area contributed by atoms with Gasteiger partial charge in [0.25, 0.3) is 0 Å². The molecule has 0 spiro atoms. The van der Waals surface area contributed by atoms with Crippen molar-refractivity contribution in [3.8, 4) is 5.75 Å². The van der Waals surface area contributed by atoms with Gasteiger partial charge in [-0.3, -0.25) is 0 Å². The lowest BCUT2D eigenvalue weighted by Gasteiger charge is -1.92. The van der Waals surface area contributed by atoms with Crippen LogP contribution < -0.4 is 0 Å². The van der Waals surface area contributed by atoms with E-state index in [2.05, 4.69) is 0 Å². The topological polar surface area (TPSA) is 57.5 Å². The van der Waals surface area contributed by atoms with Gasteiger partial charge in [0.1, 0.15) is 5.75 Å². The van der Waals surface area contributed by atoms with Gasteiger partial charge in [0.15, 0.2) is 11.1 Å². The van der Waals surface area contributed by atoms with Crippen LogP contribution in [0.15, 0.2) is 29.7 Å². The van der Waals surface area contributed by atoms with E-state index >= 15 is 0 Å². The molecule has 12 heavy (non-hydrogen) atoms. The Labute approximate surface area is 72.6 Å². The van der Waals surface area contributed by atoms with E-state index in [0.717, 1.165) is 11.0 Å². The highest BCUT2D eigenvalue weighted by atomic mass is 32.2. The van der Waals surface area contributed by atoms with Gasteiger partial charge in [-0.25, -0.2) is 4.21 Å². The first-order valence-electron chi connectivity index (χ1n) is 3.25. The van der Waals surface area contributed by atoms with Gasteiger partial charge in [-0.2, -0.15) is 0 Å². The zero-order chi connectivity index (χ0) is 8.97. The summed E-state index contributed by atoms with van der Waals surface area (Å²) in [7, 11) is 0. The molecule has 1 rings (SSSR count). The van der Waals surface area contributed by atoms with Crippen molar-refractivity contribution < 1.29 is 13.9 Å². The summed E-state index contributed by atoms with van der Waals surface area (Å²) in [4.78, 5) is 0. The molecular formula is C8H8O3S. The summed E-state index contributed by atoms with van der Waals surface area (Å²) in [6.07, 6.45) is 1.51. The molecule has 1 unspecified atom stereocenters. The number of benzene rings is 1. The molecule has 0 aliphatic carbocycles. The van der Waals surface area contributed by atoms with Crippen molar-refractivity contribution in [3.05, 3.63) is 35.2 Å². The Morgan fingerprint density at radius 1 is 1.25 bits per heavy atom. The lowest BCUT2D eigenvalue weighted by molar-refractivity contribution is 0.475. The van der Waals surface area contributed by atoms with Gasteiger partial charge in [-0.15, -0.1) is 0 Å². The molecule has 64 valence electrons. The van der Waals surface area contributed by atoms with E-state index in [9.17, 15) is 4.21 Å². The molecule has 4 heteroatoms. The summed E-state index contributed by atoms with van der Waals surface area (Å²) < 4.78 is 18.6. The third-order valence-electron chi connectivity index (χ3n) is 1.27. The van der Waals surface area contributed by atoms with Crippen molar-refractivity contribution in [1.29, 1.82) is 0 Å². The second-order valence-corrected chi connectivity index (χ2v) is 2.99. The zero-order valence-electron chi connectivity index (χ0n) is 6.18. The fourth-order valence-corrected chi connectivity index (χ4v) is 0.996. The first-order valence-corrected chi connectivity index (χ1v) is 4.42. The van der Waals surface area contributed by atoms with E-state index < -0.39 is 11.1 Å². The molecule has 0 saturated heterocycles. The molecule has 0 aliphatic heterocycles. The molecule has 3 nitrogen and oxygen atoms in total. The van der Waals surface area contributed by atoms with Crippen LogP contribution in [0, 0.1) is 0 Å². The minimum Gasteiger partial charge on any atom is -0.508 e. The van der Waals surface area contributed by atoms with E-state index in [-0.39, 0.29) is 5.75 Å². The smallest absolute Gasteiger partial charge is 0.178 e. The Bertz CT molecular complexity index is 303. The van der Waals surface area contributed by atoms with Crippen LogP contribution in [0.1, 0.15) is 5.56 Å². The summed E-state index contributed by atoms with van der Waals surface area (Å²) >= 11 is -1.91. The lowest BCUT2D eigenvalue weighted by Crippen LogP contribution is -1.76. The summed E-state index contributed by atoms with van der Waals surface area (Å²) in [5, 5.41) is 10.1. The van der Waals surface area contributed by atoms with Crippen LogP contribution >= 0.6 is 0 Å². The van der Waals surface area contributed by atoms with Crippen LogP contribution in [0.2, 0.25) is 0 Å². The third kappa shape index (κ3) is 2.86. The highest BCUT2D eigenvalue weighted by Crippen LogP contribution is 2.10. The maximum atomic E-state index is 10.2. The van der Waals surface area contributed by atoms with Crippen LogP contribution in [0.3, 0.4) is 0 Å². The van der Waals surface area contributed by atoms with Crippen molar-refractivity contribution in [3.63, 3.8) is 0 Å². The Morgan fingerprint density at radius 2 is 1.83 bits per heavy atom. The highest BCUT2D eigenvalue weighted by Gasteiger charge is 1.88. The number of phenols is 1. The summed E-state index contributed by atoms with van der Waals surface area (Å²) in [6.45, 7) is 0. The van der Waals surface area contributed by atoms with Crippen LogP contribution in [-0.4, -0.2) is 13.9 Å². The molecule has 0 saturated carbocycles. The predicted molar refractivity (Wildman–Crippen MR) is 47.9 cm³/mol. The molecule has 0 heterocycles. The molecule has 2 N–H and O–H groups in total. The summed E-state index contributed by atoms with van der Waals surface area (Å²) in [6, 6.07) is 6.33. The lowest BCUT2D eigenvalue weighted by atomic mass is 10.2. The number of hydrogen-bond acceptors (Lipinski definition) is 2. The Morgan fingerprint density at radius 3 is 2.33 bits per heavy atom. The van der Waals surface area contributed by atoms with Gasteiger partial charge in [-0.05, 0) is 23.8 Å². The van der Waals surface area contributed by atoms with E-state index in [4.69, 9.17) is 9.66 Å². The van der Waals surface area contributed by atoms with Crippen LogP contribution in [0.5, 0.6) is 5.75 Å². The highest BCUT2D eigenvalue weighted by molar-refractivity contribution is 7.82. The van der Waals surface area contributed by atoms with Crippen molar-refractivity contribution in [2.45, 2.75) is 0 Å². The van der Waals surface area contributed by atoms with Crippen molar-refractivity contribution in [2.75, 3.05) is 0 Å². The quantitative estimate of drug-likeness (QED) is 0.686. The van der Waals surface area contributed by atoms with Crippen LogP contribution in [-0.2, 0) is 11.1 Å². The molecule has 0 aromatic heterocycles. The maximum absolute atomic E-state index is 10.2.